The smallest absolute Gasteiger partial charge is 0.352 e. The van der Waals surface area contributed by atoms with E-state index in [-0.39, 0.29) is 22.6 Å². The number of carbonyl (C=O) groups is 1. The molecule has 0 bridgehead atoms. The Balaban J connectivity index is 1.85. The molecule has 1 heterocycles. The molecule has 2 aromatic rings. The van der Waals surface area contributed by atoms with Gasteiger partial charge < -0.3 is 10.3 Å². The van der Waals surface area contributed by atoms with Gasteiger partial charge in [-0.3, -0.25) is 4.79 Å². The van der Waals surface area contributed by atoms with Crippen molar-refractivity contribution in [2.75, 3.05) is 6.54 Å². The van der Waals surface area contributed by atoms with Gasteiger partial charge in [-0.05, 0) is 36.0 Å². The summed E-state index contributed by atoms with van der Waals surface area (Å²) in [6, 6.07) is 5.31. The third-order valence-corrected chi connectivity index (χ3v) is 3.32. The van der Waals surface area contributed by atoms with Gasteiger partial charge in [0, 0.05) is 35.3 Å². The Labute approximate surface area is 123 Å². The molecule has 0 saturated carbocycles. The van der Waals surface area contributed by atoms with Crippen molar-refractivity contribution in [2.45, 2.75) is 16.8 Å². The minimum atomic E-state index is -4.33. The van der Waals surface area contributed by atoms with Gasteiger partial charge in [0.25, 0.3) is 5.91 Å². The Bertz CT molecular complexity index is 582. The molecule has 0 aliphatic carbocycles. The Kier molecular flexibility index (Phi) is 4.89. The van der Waals surface area contributed by atoms with E-state index in [4.69, 9.17) is 0 Å². The number of H-pyrrole nitrogens is 1. The number of alkyl halides is 3. The van der Waals surface area contributed by atoms with Crippen LogP contribution >= 0.6 is 11.8 Å². The monoisotopic (exact) mass is 315 g/mol. The predicted octanol–water partition coefficient (Wildman–Crippen LogP) is 2.99. The Morgan fingerprint density at radius 2 is 2.00 bits per heavy atom. The number of nitrogens with zero attached hydrogens (tertiary/aromatic N) is 1. The number of hydrogen-bond acceptors (Lipinski definition) is 3. The zero-order chi connectivity index (χ0) is 15.3. The number of hydrogen-bond donors (Lipinski definition) is 2. The SMILES string of the molecule is O=C(NCCc1cnc[nH]1)c1ccc(SC(F)(F)F)cc1. The fourth-order valence-corrected chi connectivity index (χ4v) is 2.18. The molecule has 0 unspecified atom stereocenters. The number of imidazole rings is 1. The fraction of sp³-hybridized carbons (Fsp3) is 0.231. The van der Waals surface area contributed by atoms with Crippen molar-refractivity contribution in [3.63, 3.8) is 0 Å². The molecule has 112 valence electrons. The van der Waals surface area contributed by atoms with E-state index in [1.54, 1.807) is 12.5 Å². The second-order valence-corrected chi connectivity index (χ2v) is 5.29. The van der Waals surface area contributed by atoms with E-state index in [1.807, 2.05) is 0 Å². The molecule has 21 heavy (non-hydrogen) atoms. The van der Waals surface area contributed by atoms with Crippen molar-refractivity contribution in [3.05, 3.63) is 48.0 Å². The summed E-state index contributed by atoms with van der Waals surface area (Å²) in [6.07, 6.45) is 3.82. The minimum Gasteiger partial charge on any atom is -0.352 e. The molecule has 2 rings (SSSR count). The topological polar surface area (TPSA) is 57.8 Å². The number of benzene rings is 1. The second-order valence-electron chi connectivity index (χ2n) is 4.15. The fourth-order valence-electron chi connectivity index (χ4n) is 1.64. The van der Waals surface area contributed by atoms with Gasteiger partial charge in [0.15, 0.2) is 0 Å². The van der Waals surface area contributed by atoms with Crippen LogP contribution in [0, 0.1) is 0 Å². The summed E-state index contributed by atoms with van der Waals surface area (Å²) in [7, 11) is 0. The lowest BCUT2D eigenvalue weighted by atomic mass is 10.2. The zero-order valence-electron chi connectivity index (χ0n) is 10.8. The first-order valence-electron chi connectivity index (χ1n) is 6.05. The van der Waals surface area contributed by atoms with Gasteiger partial charge in [0.2, 0.25) is 0 Å². The number of aromatic amines is 1. The van der Waals surface area contributed by atoms with Gasteiger partial charge in [-0.15, -0.1) is 0 Å². The maximum Gasteiger partial charge on any atom is 0.446 e. The van der Waals surface area contributed by atoms with E-state index in [1.165, 1.54) is 24.3 Å². The van der Waals surface area contributed by atoms with Gasteiger partial charge in [0.05, 0.1) is 6.33 Å². The first kappa shape index (κ1) is 15.4. The maximum atomic E-state index is 12.2. The van der Waals surface area contributed by atoms with E-state index < -0.39 is 5.51 Å². The average molecular weight is 315 g/mol. The maximum absolute atomic E-state index is 12.2. The predicted molar refractivity (Wildman–Crippen MR) is 73.0 cm³/mol. The van der Waals surface area contributed by atoms with Gasteiger partial charge in [-0.1, -0.05) is 0 Å². The van der Waals surface area contributed by atoms with E-state index in [0.29, 0.717) is 18.5 Å². The summed E-state index contributed by atoms with van der Waals surface area (Å²) in [4.78, 5) is 18.6. The van der Waals surface area contributed by atoms with Crippen molar-refractivity contribution in [1.82, 2.24) is 15.3 Å². The summed E-state index contributed by atoms with van der Waals surface area (Å²) in [5.41, 5.74) is -3.10. The van der Waals surface area contributed by atoms with Crippen LogP contribution in [-0.4, -0.2) is 27.9 Å². The number of nitrogens with one attached hydrogen (secondary N) is 2. The molecular weight excluding hydrogens is 303 g/mol. The van der Waals surface area contributed by atoms with Gasteiger partial charge in [0.1, 0.15) is 0 Å². The minimum absolute atomic E-state index is 0.0523. The molecule has 0 spiro atoms. The summed E-state index contributed by atoms with van der Waals surface area (Å²) < 4.78 is 36.5. The molecule has 2 N–H and O–H groups in total. The lowest BCUT2D eigenvalue weighted by Crippen LogP contribution is -2.25. The number of halogens is 3. The van der Waals surface area contributed by atoms with E-state index >= 15 is 0 Å². The van der Waals surface area contributed by atoms with Crippen molar-refractivity contribution < 1.29 is 18.0 Å². The Hall–Kier alpha value is -1.96. The lowest BCUT2D eigenvalue weighted by Gasteiger charge is -2.07. The van der Waals surface area contributed by atoms with Gasteiger partial charge in [-0.25, -0.2) is 4.98 Å². The number of carbonyl (C=O) groups excluding carboxylic acids is 1. The first-order valence-corrected chi connectivity index (χ1v) is 6.87. The van der Waals surface area contributed by atoms with E-state index in [9.17, 15) is 18.0 Å². The number of amides is 1. The van der Waals surface area contributed by atoms with E-state index in [0.717, 1.165) is 5.69 Å². The van der Waals surface area contributed by atoms with Crippen LogP contribution in [0.1, 0.15) is 16.1 Å². The molecule has 1 aromatic heterocycles. The molecule has 0 aliphatic heterocycles. The van der Waals surface area contributed by atoms with Crippen LogP contribution in [0.25, 0.3) is 0 Å². The molecule has 0 atom stereocenters. The van der Waals surface area contributed by atoms with Crippen LogP contribution in [0.4, 0.5) is 13.2 Å². The van der Waals surface area contributed by atoms with Crippen LogP contribution in [0.15, 0.2) is 41.7 Å². The third kappa shape index (κ3) is 5.14. The summed E-state index contributed by atoms with van der Waals surface area (Å²) >= 11 is -0.206. The molecule has 0 radical (unpaired) electrons. The average Bonchev–Trinajstić information content (AvgIpc) is 2.91. The van der Waals surface area contributed by atoms with Crippen LogP contribution in [0.5, 0.6) is 0 Å². The van der Waals surface area contributed by atoms with Crippen molar-refractivity contribution in [3.8, 4) is 0 Å². The molecule has 0 saturated heterocycles. The summed E-state index contributed by atoms with van der Waals surface area (Å²) in [5, 5.41) is 2.69. The first-order chi connectivity index (χ1) is 9.94. The second kappa shape index (κ2) is 6.66. The third-order valence-electron chi connectivity index (χ3n) is 2.58. The number of rotatable bonds is 5. The zero-order valence-corrected chi connectivity index (χ0v) is 11.6. The summed E-state index contributed by atoms with van der Waals surface area (Å²) in [5.74, 6) is -0.321. The molecule has 0 aliphatic rings. The Morgan fingerprint density at radius 3 is 2.57 bits per heavy atom. The molecule has 1 aromatic carbocycles. The molecule has 4 nitrogen and oxygen atoms in total. The van der Waals surface area contributed by atoms with Crippen LogP contribution in [-0.2, 0) is 6.42 Å². The standard InChI is InChI=1S/C13H12F3N3OS/c14-13(15,16)21-11-3-1-9(2-4-11)12(20)18-6-5-10-7-17-8-19-10/h1-4,7-8H,5-6H2,(H,17,19)(H,18,20). The highest BCUT2D eigenvalue weighted by Crippen LogP contribution is 2.36. The number of thioether (sulfide) groups is 1. The largest absolute Gasteiger partial charge is 0.446 e. The molecule has 1 amide bonds. The highest BCUT2D eigenvalue weighted by Gasteiger charge is 2.29. The van der Waals surface area contributed by atoms with Crippen LogP contribution < -0.4 is 5.32 Å². The Morgan fingerprint density at radius 1 is 1.29 bits per heavy atom. The van der Waals surface area contributed by atoms with Gasteiger partial charge in [-0.2, -0.15) is 13.2 Å². The molecule has 8 heteroatoms. The van der Waals surface area contributed by atoms with E-state index in [2.05, 4.69) is 15.3 Å². The van der Waals surface area contributed by atoms with Crippen molar-refractivity contribution in [1.29, 1.82) is 0 Å². The lowest BCUT2D eigenvalue weighted by molar-refractivity contribution is -0.0328. The van der Waals surface area contributed by atoms with Crippen molar-refractivity contribution >= 4 is 17.7 Å². The summed E-state index contributed by atoms with van der Waals surface area (Å²) in [6.45, 7) is 0.417. The van der Waals surface area contributed by atoms with Crippen molar-refractivity contribution in [2.24, 2.45) is 0 Å². The quantitative estimate of drug-likeness (QED) is 0.834. The van der Waals surface area contributed by atoms with Crippen LogP contribution in [0.3, 0.4) is 0 Å². The number of aromatic nitrogens is 2. The normalized spacial score (nSPS) is 11.4. The highest BCUT2D eigenvalue weighted by atomic mass is 32.2. The van der Waals surface area contributed by atoms with Gasteiger partial charge >= 0.3 is 5.51 Å². The highest BCUT2D eigenvalue weighted by molar-refractivity contribution is 8.00. The van der Waals surface area contributed by atoms with Crippen LogP contribution in [0.2, 0.25) is 0 Å². The molecule has 0 fully saturated rings. The molecular formula is C13H12F3N3OS.